The molecule has 2 aliphatic rings. The molecule has 90 valence electrons. The van der Waals surface area contributed by atoms with Crippen LogP contribution < -0.4 is 0 Å². The fraction of sp³-hybridized carbons (Fsp3) is 0.429. The van der Waals surface area contributed by atoms with Crippen LogP contribution in [-0.2, 0) is 9.59 Å². The van der Waals surface area contributed by atoms with Crippen molar-refractivity contribution in [3.8, 4) is 0 Å². The SMILES string of the molecule is O=C1CCCC(Cl)=C1C(=O)CC1=CCCC=C1. The first-order valence-electron chi connectivity index (χ1n) is 5.99. The van der Waals surface area contributed by atoms with Gasteiger partial charge in [-0.15, -0.1) is 0 Å². The van der Waals surface area contributed by atoms with Crippen molar-refractivity contribution in [3.05, 3.63) is 34.4 Å². The van der Waals surface area contributed by atoms with Crippen LogP contribution in [0.1, 0.15) is 38.5 Å². The first-order chi connectivity index (χ1) is 8.18. The Kier molecular flexibility index (Phi) is 3.95. The van der Waals surface area contributed by atoms with Gasteiger partial charge in [-0.1, -0.05) is 29.8 Å². The van der Waals surface area contributed by atoms with E-state index in [1.807, 2.05) is 6.08 Å². The molecule has 0 saturated carbocycles. The van der Waals surface area contributed by atoms with Crippen LogP contribution in [0.3, 0.4) is 0 Å². The quantitative estimate of drug-likeness (QED) is 0.719. The number of carbonyl (C=O) groups excluding carboxylic acids is 2. The lowest BCUT2D eigenvalue weighted by Gasteiger charge is -2.14. The predicted molar refractivity (Wildman–Crippen MR) is 67.8 cm³/mol. The maximum atomic E-state index is 12.0. The lowest BCUT2D eigenvalue weighted by atomic mass is 9.91. The number of ketones is 2. The minimum Gasteiger partial charge on any atom is -0.294 e. The average molecular weight is 251 g/mol. The van der Waals surface area contributed by atoms with Gasteiger partial charge in [0.2, 0.25) is 0 Å². The maximum Gasteiger partial charge on any atom is 0.171 e. The Morgan fingerprint density at radius 2 is 2.12 bits per heavy atom. The number of Topliss-reactive ketones (excluding diaryl/α,β-unsaturated/α-hetero) is 2. The molecule has 0 aromatic rings. The summed E-state index contributed by atoms with van der Waals surface area (Å²) < 4.78 is 0. The summed E-state index contributed by atoms with van der Waals surface area (Å²) in [6.45, 7) is 0. The van der Waals surface area contributed by atoms with E-state index < -0.39 is 0 Å². The molecule has 2 aliphatic carbocycles. The highest BCUT2D eigenvalue weighted by Crippen LogP contribution is 2.27. The van der Waals surface area contributed by atoms with E-state index in [0.717, 1.165) is 24.8 Å². The molecule has 0 saturated heterocycles. The molecule has 0 spiro atoms. The monoisotopic (exact) mass is 250 g/mol. The summed E-state index contributed by atoms with van der Waals surface area (Å²) in [5, 5.41) is 0.451. The van der Waals surface area contributed by atoms with Crippen LogP contribution in [0.5, 0.6) is 0 Å². The van der Waals surface area contributed by atoms with E-state index in [1.54, 1.807) is 0 Å². The topological polar surface area (TPSA) is 34.1 Å². The van der Waals surface area contributed by atoms with Gasteiger partial charge in [0.05, 0.1) is 5.57 Å². The molecule has 2 rings (SSSR count). The van der Waals surface area contributed by atoms with Crippen molar-refractivity contribution in [2.75, 3.05) is 0 Å². The van der Waals surface area contributed by atoms with Crippen molar-refractivity contribution >= 4 is 23.2 Å². The predicted octanol–water partition coefficient (Wildman–Crippen LogP) is 3.47. The highest BCUT2D eigenvalue weighted by molar-refractivity contribution is 6.37. The van der Waals surface area contributed by atoms with Crippen LogP contribution in [0, 0.1) is 0 Å². The molecule has 0 amide bonds. The standard InChI is InChI=1S/C14H15ClO2/c15-11-7-4-8-12(16)14(11)13(17)9-10-5-2-1-3-6-10/h2,5-6H,1,3-4,7-9H2. The molecular weight excluding hydrogens is 236 g/mol. The van der Waals surface area contributed by atoms with Gasteiger partial charge in [0.1, 0.15) is 0 Å². The number of allylic oxidation sites excluding steroid dienone is 6. The molecule has 0 atom stereocenters. The molecule has 0 radical (unpaired) electrons. The third-order valence-electron chi connectivity index (χ3n) is 3.07. The van der Waals surface area contributed by atoms with Crippen molar-refractivity contribution in [1.29, 1.82) is 0 Å². The highest BCUT2D eigenvalue weighted by atomic mass is 35.5. The molecule has 0 aliphatic heterocycles. The Bertz CT molecular complexity index is 441. The smallest absolute Gasteiger partial charge is 0.171 e. The molecule has 17 heavy (non-hydrogen) atoms. The molecule has 0 fully saturated rings. The lowest BCUT2D eigenvalue weighted by Crippen LogP contribution is -2.18. The second-order valence-corrected chi connectivity index (χ2v) is 4.87. The zero-order valence-corrected chi connectivity index (χ0v) is 10.4. The fourth-order valence-electron chi connectivity index (χ4n) is 2.18. The number of hydrogen-bond acceptors (Lipinski definition) is 2. The van der Waals surface area contributed by atoms with Gasteiger partial charge in [0.15, 0.2) is 11.6 Å². The number of carbonyl (C=O) groups is 2. The minimum atomic E-state index is -0.127. The molecule has 0 aromatic carbocycles. The molecule has 2 nitrogen and oxygen atoms in total. The van der Waals surface area contributed by atoms with E-state index in [1.165, 1.54) is 0 Å². The van der Waals surface area contributed by atoms with Gasteiger partial charge in [-0.3, -0.25) is 9.59 Å². The molecule has 0 heterocycles. The van der Waals surface area contributed by atoms with Gasteiger partial charge in [-0.25, -0.2) is 0 Å². The lowest BCUT2D eigenvalue weighted by molar-refractivity contribution is -0.121. The van der Waals surface area contributed by atoms with Gasteiger partial charge in [0, 0.05) is 17.9 Å². The van der Waals surface area contributed by atoms with Crippen molar-refractivity contribution in [1.82, 2.24) is 0 Å². The summed E-state index contributed by atoms with van der Waals surface area (Å²) in [5.41, 5.74) is 1.24. The molecule has 0 unspecified atom stereocenters. The third kappa shape index (κ3) is 2.95. The van der Waals surface area contributed by atoms with E-state index >= 15 is 0 Å². The number of hydrogen-bond donors (Lipinski definition) is 0. The molecule has 0 aromatic heterocycles. The number of halogens is 1. The second kappa shape index (κ2) is 5.46. The van der Waals surface area contributed by atoms with Crippen molar-refractivity contribution < 1.29 is 9.59 Å². The Labute approximate surface area is 106 Å². The van der Waals surface area contributed by atoms with Crippen LogP contribution in [0.4, 0.5) is 0 Å². The Morgan fingerprint density at radius 1 is 1.29 bits per heavy atom. The van der Waals surface area contributed by atoms with Crippen LogP contribution in [0.15, 0.2) is 34.4 Å². The van der Waals surface area contributed by atoms with Crippen LogP contribution in [0.2, 0.25) is 0 Å². The van der Waals surface area contributed by atoms with Gasteiger partial charge in [-0.05, 0) is 31.3 Å². The van der Waals surface area contributed by atoms with Gasteiger partial charge in [-0.2, -0.15) is 0 Å². The first-order valence-corrected chi connectivity index (χ1v) is 6.37. The van der Waals surface area contributed by atoms with Gasteiger partial charge >= 0.3 is 0 Å². The summed E-state index contributed by atoms with van der Waals surface area (Å²) in [5.74, 6) is -0.218. The molecule has 3 heteroatoms. The van der Waals surface area contributed by atoms with Gasteiger partial charge < -0.3 is 0 Å². The molecule has 0 N–H and O–H groups in total. The zero-order chi connectivity index (χ0) is 12.3. The normalized spacial score (nSPS) is 20.5. The van der Waals surface area contributed by atoms with Gasteiger partial charge in [0.25, 0.3) is 0 Å². The Morgan fingerprint density at radius 3 is 2.76 bits per heavy atom. The highest BCUT2D eigenvalue weighted by Gasteiger charge is 2.25. The van der Waals surface area contributed by atoms with Crippen molar-refractivity contribution in [2.24, 2.45) is 0 Å². The Hall–Kier alpha value is -1.15. The molecular formula is C14H15ClO2. The van der Waals surface area contributed by atoms with E-state index in [0.29, 0.717) is 24.3 Å². The molecule has 0 bridgehead atoms. The summed E-state index contributed by atoms with van der Waals surface area (Å²) >= 11 is 5.99. The van der Waals surface area contributed by atoms with E-state index in [2.05, 4.69) is 12.2 Å². The van der Waals surface area contributed by atoms with E-state index in [-0.39, 0.29) is 17.1 Å². The third-order valence-corrected chi connectivity index (χ3v) is 3.44. The fourth-order valence-corrected chi connectivity index (χ4v) is 2.53. The Balaban J connectivity index is 2.12. The van der Waals surface area contributed by atoms with Crippen LogP contribution >= 0.6 is 11.6 Å². The second-order valence-electron chi connectivity index (χ2n) is 4.42. The maximum absolute atomic E-state index is 12.0. The average Bonchev–Trinajstić information content (AvgIpc) is 2.30. The largest absolute Gasteiger partial charge is 0.294 e. The van der Waals surface area contributed by atoms with Crippen LogP contribution in [0.25, 0.3) is 0 Å². The van der Waals surface area contributed by atoms with Crippen molar-refractivity contribution in [3.63, 3.8) is 0 Å². The minimum absolute atomic E-state index is 0.0911. The summed E-state index contributed by atoms with van der Waals surface area (Å²) in [6.07, 6.45) is 10.2. The first kappa shape index (κ1) is 12.3. The van der Waals surface area contributed by atoms with Crippen molar-refractivity contribution in [2.45, 2.75) is 38.5 Å². The number of rotatable bonds is 3. The summed E-state index contributed by atoms with van der Waals surface area (Å²) in [4.78, 5) is 23.7. The van der Waals surface area contributed by atoms with E-state index in [4.69, 9.17) is 11.6 Å². The van der Waals surface area contributed by atoms with E-state index in [9.17, 15) is 9.59 Å². The zero-order valence-electron chi connectivity index (χ0n) is 9.67. The summed E-state index contributed by atoms with van der Waals surface area (Å²) in [6, 6.07) is 0. The summed E-state index contributed by atoms with van der Waals surface area (Å²) in [7, 11) is 0. The van der Waals surface area contributed by atoms with Crippen LogP contribution in [-0.4, -0.2) is 11.6 Å².